The summed E-state index contributed by atoms with van der Waals surface area (Å²) in [6.07, 6.45) is 0. The number of nitrogens with zero attached hydrogens (tertiary/aromatic N) is 4. The second-order valence-corrected chi connectivity index (χ2v) is 5.04. The van der Waals surface area contributed by atoms with Crippen LogP contribution < -0.4 is 4.74 Å². The quantitative estimate of drug-likeness (QED) is 0.814. The zero-order chi connectivity index (χ0) is 15.2. The van der Waals surface area contributed by atoms with Gasteiger partial charge < -0.3 is 9.47 Å². The van der Waals surface area contributed by atoms with Gasteiger partial charge in [-0.15, -0.1) is 5.10 Å². The van der Waals surface area contributed by atoms with Gasteiger partial charge in [0.05, 0.1) is 18.9 Å². The van der Waals surface area contributed by atoms with Crippen LogP contribution in [0.1, 0.15) is 25.2 Å². The van der Waals surface area contributed by atoms with Crippen molar-refractivity contribution < 1.29 is 9.47 Å². The summed E-state index contributed by atoms with van der Waals surface area (Å²) in [4.78, 5) is 0. The van der Waals surface area contributed by atoms with Crippen LogP contribution in [-0.2, 0) is 11.3 Å². The van der Waals surface area contributed by atoms with Crippen molar-refractivity contribution in [1.82, 2.24) is 15.0 Å². The molecule has 110 valence electrons. The SMILES string of the molecule is COCc1c(C#N)nnn1-c1ccc(OCC(C)C)cc1. The fraction of sp³-hybridized carbons (Fsp3) is 0.400. The highest BCUT2D eigenvalue weighted by atomic mass is 16.5. The van der Waals surface area contributed by atoms with E-state index in [9.17, 15) is 0 Å². The zero-order valence-electron chi connectivity index (χ0n) is 12.4. The van der Waals surface area contributed by atoms with Crippen molar-refractivity contribution in [1.29, 1.82) is 5.26 Å². The van der Waals surface area contributed by atoms with E-state index in [0.717, 1.165) is 11.4 Å². The molecule has 2 rings (SSSR count). The third-order valence-electron chi connectivity index (χ3n) is 2.81. The minimum Gasteiger partial charge on any atom is -0.493 e. The van der Waals surface area contributed by atoms with Crippen molar-refractivity contribution in [3.63, 3.8) is 0 Å². The molecule has 0 unspecified atom stereocenters. The molecule has 0 bridgehead atoms. The third-order valence-corrected chi connectivity index (χ3v) is 2.81. The Balaban J connectivity index is 2.23. The molecule has 1 heterocycles. The topological polar surface area (TPSA) is 73.0 Å². The Labute approximate surface area is 123 Å². The smallest absolute Gasteiger partial charge is 0.188 e. The van der Waals surface area contributed by atoms with Gasteiger partial charge in [0.15, 0.2) is 5.69 Å². The molecule has 0 fully saturated rings. The van der Waals surface area contributed by atoms with E-state index in [4.69, 9.17) is 14.7 Å². The van der Waals surface area contributed by atoms with Gasteiger partial charge in [0, 0.05) is 7.11 Å². The predicted molar refractivity (Wildman–Crippen MR) is 77.1 cm³/mol. The van der Waals surface area contributed by atoms with E-state index in [1.165, 1.54) is 0 Å². The maximum absolute atomic E-state index is 9.03. The van der Waals surface area contributed by atoms with Crippen molar-refractivity contribution in [2.75, 3.05) is 13.7 Å². The standard InChI is InChI=1S/C15H18N4O2/c1-11(2)9-21-13-6-4-12(5-7-13)19-15(10-20-3)14(8-16)17-18-19/h4-7,11H,9-10H2,1-3H3. The van der Waals surface area contributed by atoms with Crippen LogP contribution in [0.15, 0.2) is 24.3 Å². The Morgan fingerprint density at radius 1 is 1.29 bits per heavy atom. The number of hydrogen-bond donors (Lipinski definition) is 0. The first-order chi connectivity index (χ1) is 10.2. The summed E-state index contributed by atoms with van der Waals surface area (Å²) in [6.45, 7) is 5.16. The number of nitriles is 1. The van der Waals surface area contributed by atoms with Crippen LogP contribution in [0.3, 0.4) is 0 Å². The Morgan fingerprint density at radius 3 is 2.57 bits per heavy atom. The lowest BCUT2D eigenvalue weighted by Gasteiger charge is -2.10. The Hall–Kier alpha value is -2.39. The van der Waals surface area contributed by atoms with Crippen molar-refractivity contribution in [2.24, 2.45) is 5.92 Å². The van der Waals surface area contributed by atoms with Gasteiger partial charge in [0.2, 0.25) is 0 Å². The van der Waals surface area contributed by atoms with Gasteiger partial charge in [-0.1, -0.05) is 19.1 Å². The van der Waals surface area contributed by atoms with Crippen LogP contribution in [0.2, 0.25) is 0 Å². The lowest BCUT2D eigenvalue weighted by molar-refractivity contribution is 0.179. The molecule has 6 heteroatoms. The molecule has 1 aromatic carbocycles. The van der Waals surface area contributed by atoms with Crippen LogP contribution in [0.5, 0.6) is 5.75 Å². The van der Waals surface area contributed by atoms with Crippen molar-refractivity contribution >= 4 is 0 Å². The van der Waals surface area contributed by atoms with E-state index in [-0.39, 0.29) is 12.3 Å². The Bertz CT molecular complexity index is 626. The first kappa shape index (κ1) is 15.0. The summed E-state index contributed by atoms with van der Waals surface area (Å²) in [6, 6.07) is 9.53. The van der Waals surface area contributed by atoms with Crippen molar-refractivity contribution in [2.45, 2.75) is 20.5 Å². The number of rotatable bonds is 6. The van der Waals surface area contributed by atoms with Gasteiger partial charge >= 0.3 is 0 Å². The molecule has 21 heavy (non-hydrogen) atoms. The fourth-order valence-electron chi connectivity index (χ4n) is 1.81. The number of hydrogen-bond acceptors (Lipinski definition) is 5. The average molecular weight is 286 g/mol. The van der Waals surface area contributed by atoms with E-state index in [1.807, 2.05) is 30.3 Å². The van der Waals surface area contributed by atoms with Crippen molar-refractivity contribution in [3.8, 4) is 17.5 Å². The molecule has 0 spiro atoms. The summed E-state index contributed by atoms with van der Waals surface area (Å²) >= 11 is 0. The number of methoxy groups -OCH3 is 1. The Kier molecular flexibility index (Phi) is 4.90. The summed E-state index contributed by atoms with van der Waals surface area (Å²) in [5, 5.41) is 16.9. The molecule has 0 atom stereocenters. The number of aromatic nitrogens is 3. The maximum atomic E-state index is 9.03. The second kappa shape index (κ2) is 6.86. The van der Waals surface area contributed by atoms with Crippen LogP contribution in [0.25, 0.3) is 5.69 Å². The monoisotopic (exact) mass is 286 g/mol. The van der Waals surface area contributed by atoms with E-state index in [1.54, 1.807) is 11.8 Å². The molecule has 0 amide bonds. The molecule has 1 aromatic heterocycles. The third kappa shape index (κ3) is 3.58. The van der Waals surface area contributed by atoms with Gasteiger partial charge in [-0.05, 0) is 30.2 Å². The summed E-state index contributed by atoms with van der Waals surface area (Å²) < 4.78 is 12.3. The molecule has 0 saturated heterocycles. The minimum absolute atomic E-state index is 0.275. The molecule has 6 nitrogen and oxygen atoms in total. The van der Waals surface area contributed by atoms with Crippen LogP contribution in [0, 0.1) is 17.2 Å². The van der Waals surface area contributed by atoms with Crippen LogP contribution in [0.4, 0.5) is 0 Å². The van der Waals surface area contributed by atoms with E-state index in [2.05, 4.69) is 24.2 Å². The molecular formula is C15H18N4O2. The predicted octanol–water partition coefficient (Wildman–Crippen LogP) is 2.32. The van der Waals surface area contributed by atoms with Gasteiger partial charge in [-0.3, -0.25) is 0 Å². The lowest BCUT2D eigenvalue weighted by atomic mass is 10.2. The first-order valence-electron chi connectivity index (χ1n) is 6.72. The molecule has 0 saturated carbocycles. The highest BCUT2D eigenvalue weighted by molar-refractivity contribution is 5.39. The summed E-state index contributed by atoms with van der Waals surface area (Å²) in [7, 11) is 1.57. The highest BCUT2D eigenvalue weighted by Gasteiger charge is 2.13. The first-order valence-corrected chi connectivity index (χ1v) is 6.72. The van der Waals surface area contributed by atoms with Crippen LogP contribution >= 0.6 is 0 Å². The van der Waals surface area contributed by atoms with Gasteiger partial charge in [0.1, 0.15) is 17.5 Å². The molecular weight excluding hydrogens is 268 g/mol. The number of ether oxygens (including phenoxy) is 2. The van der Waals surface area contributed by atoms with E-state index < -0.39 is 0 Å². The maximum Gasteiger partial charge on any atom is 0.188 e. The fourth-order valence-corrected chi connectivity index (χ4v) is 1.81. The Morgan fingerprint density at radius 2 is 2.00 bits per heavy atom. The molecule has 0 aliphatic carbocycles. The molecule has 0 aliphatic heterocycles. The zero-order valence-corrected chi connectivity index (χ0v) is 12.4. The number of benzene rings is 1. The summed E-state index contributed by atoms with van der Waals surface area (Å²) in [5.41, 5.74) is 1.72. The minimum atomic E-state index is 0.275. The molecule has 0 aliphatic rings. The van der Waals surface area contributed by atoms with Gasteiger partial charge in [0.25, 0.3) is 0 Å². The van der Waals surface area contributed by atoms with E-state index >= 15 is 0 Å². The van der Waals surface area contributed by atoms with Gasteiger partial charge in [-0.25, -0.2) is 4.68 Å². The molecule has 2 aromatic rings. The summed E-state index contributed by atoms with van der Waals surface area (Å²) in [5.74, 6) is 1.29. The normalized spacial score (nSPS) is 10.6. The van der Waals surface area contributed by atoms with Crippen molar-refractivity contribution in [3.05, 3.63) is 35.7 Å². The van der Waals surface area contributed by atoms with Gasteiger partial charge in [-0.2, -0.15) is 5.26 Å². The second-order valence-electron chi connectivity index (χ2n) is 5.04. The molecule has 0 radical (unpaired) electrons. The lowest BCUT2D eigenvalue weighted by Crippen LogP contribution is -2.06. The molecule has 0 N–H and O–H groups in total. The van der Waals surface area contributed by atoms with Crippen LogP contribution in [-0.4, -0.2) is 28.7 Å². The average Bonchev–Trinajstić information content (AvgIpc) is 2.89. The highest BCUT2D eigenvalue weighted by Crippen LogP contribution is 2.18. The van der Waals surface area contributed by atoms with E-state index in [0.29, 0.717) is 18.2 Å². The largest absolute Gasteiger partial charge is 0.493 e.